The number of carboxylic acids is 1. The van der Waals surface area contributed by atoms with E-state index in [9.17, 15) is 15.0 Å². The van der Waals surface area contributed by atoms with E-state index in [1.807, 2.05) is 6.07 Å². The van der Waals surface area contributed by atoms with Gasteiger partial charge in [-0.05, 0) is 144 Å². The number of rotatable bonds is 4. The van der Waals surface area contributed by atoms with Crippen LogP contribution in [0.3, 0.4) is 0 Å². The maximum Gasteiger partial charge on any atom is 0.345 e. The van der Waals surface area contributed by atoms with Crippen LogP contribution in [-0.4, -0.2) is 22.8 Å². The number of thiophene rings is 1. The first kappa shape index (κ1) is 27.8. The second-order valence-corrected chi connectivity index (χ2v) is 16.7. The Labute approximate surface area is 240 Å². The van der Waals surface area contributed by atoms with Gasteiger partial charge in [-0.15, -0.1) is 11.3 Å². The molecular formula is C35H50O3S. The molecular weight excluding hydrogens is 500 g/mol. The zero-order chi connectivity index (χ0) is 28.2. The van der Waals surface area contributed by atoms with E-state index in [0.29, 0.717) is 51.9 Å². The average Bonchev–Trinajstić information content (AvgIpc) is 3.50. The molecule has 0 amide bonds. The van der Waals surface area contributed by atoms with Crippen molar-refractivity contribution < 1.29 is 15.0 Å². The van der Waals surface area contributed by atoms with Gasteiger partial charge in [-0.3, -0.25) is 0 Å². The highest BCUT2D eigenvalue weighted by Crippen LogP contribution is 2.77. The molecule has 6 rings (SSSR count). The van der Waals surface area contributed by atoms with Gasteiger partial charge < -0.3 is 10.2 Å². The molecule has 4 heteroatoms. The fourth-order valence-corrected chi connectivity index (χ4v) is 13.0. The van der Waals surface area contributed by atoms with Gasteiger partial charge in [0, 0.05) is 6.61 Å². The zero-order valence-corrected chi connectivity index (χ0v) is 25.9. The van der Waals surface area contributed by atoms with Crippen LogP contribution in [0.15, 0.2) is 29.7 Å². The van der Waals surface area contributed by atoms with Crippen LogP contribution in [-0.2, 0) is 0 Å². The fraction of sp³-hybridized carbons (Fsp3) is 0.743. The number of aliphatic hydroxyl groups excluding tert-OH is 1. The van der Waals surface area contributed by atoms with Crippen molar-refractivity contribution in [2.24, 2.45) is 56.7 Å². The van der Waals surface area contributed by atoms with Crippen molar-refractivity contribution in [1.29, 1.82) is 0 Å². The van der Waals surface area contributed by atoms with E-state index >= 15 is 0 Å². The molecule has 5 aliphatic rings. The molecule has 4 fully saturated rings. The Kier molecular flexibility index (Phi) is 6.27. The number of hydrogen-bond donors (Lipinski definition) is 2. The molecule has 2 N–H and O–H groups in total. The zero-order valence-electron chi connectivity index (χ0n) is 25.1. The topological polar surface area (TPSA) is 57.5 Å². The van der Waals surface area contributed by atoms with E-state index in [4.69, 9.17) is 0 Å². The third-order valence-corrected chi connectivity index (χ3v) is 15.2. The van der Waals surface area contributed by atoms with Gasteiger partial charge >= 0.3 is 5.97 Å². The molecule has 0 spiro atoms. The Morgan fingerprint density at radius 1 is 1.00 bits per heavy atom. The van der Waals surface area contributed by atoms with Gasteiger partial charge in [0.05, 0.1) is 0 Å². The van der Waals surface area contributed by atoms with Crippen molar-refractivity contribution in [3.63, 3.8) is 0 Å². The van der Waals surface area contributed by atoms with Crippen LogP contribution in [0.5, 0.6) is 0 Å². The minimum atomic E-state index is -0.822. The minimum Gasteiger partial charge on any atom is -0.477 e. The molecule has 0 aliphatic heterocycles. The summed E-state index contributed by atoms with van der Waals surface area (Å²) in [7, 11) is 0. The summed E-state index contributed by atoms with van der Waals surface area (Å²) in [5.74, 6) is 2.27. The van der Waals surface area contributed by atoms with Gasteiger partial charge in [0.15, 0.2) is 0 Å². The van der Waals surface area contributed by atoms with Crippen molar-refractivity contribution in [2.45, 2.75) is 99.3 Å². The van der Waals surface area contributed by atoms with E-state index in [1.54, 1.807) is 0 Å². The van der Waals surface area contributed by atoms with Crippen molar-refractivity contribution >= 4 is 22.9 Å². The molecule has 4 saturated carbocycles. The number of aromatic carboxylic acids is 1. The Morgan fingerprint density at radius 3 is 2.38 bits per heavy atom. The monoisotopic (exact) mass is 550 g/mol. The van der Waals surface area contributed by atoms with Gasteiger partial charge in [0.2, 0.25) is 0 Å². The molecule has 0 aromatic carbocycles. The highest BCUT2D eigenvalue weighted by Gasteiger charge is 2.70. The van der Waals surface area contributed by atoms with Crippen LogP contribution in [0.2, 0.25) is 0 Å². The van der Waals surface area contributed by atoms with Crippen LogP contribution in [0.4, 0.5) is 0 Å². The summed E-state index contributed by atoms with van der Waals surface area (Å²) < 4.78 is 0. The lowest BCUT2D eigenvalue weighted by Crippen LogP contribution is -2.65. The van der Waals surface area contributed by atoms with Crippen LogP contribution < -0.4 is 0 Å². The quantitative estimate of drug-likeness (QED) is 0.368. The SMILES string of the molecule is C=C(C)C1CCC2(CO)CCC3(C)C(CCC4C5(C)CC=C(c6csc(C(=O)O)c6)C(C)(C)C5CCC43C)C12. The Balaban J connectivity index is 1.37. The van der Waals surface area contributed by atoms with Crippen molar-refractivity contribution in [2.75, 3.05) is 6.61 Å². The maximum atomic E-state index is 11.6. The van der Waals surface area contributed by atoms with Crippen molar-refractivity contribution in [3.8, 4) is 0 Å². The lowest BCUT2D eigenvalue weighted by atomic mass is 9.32. The first-order chi connectivity index (χ1) is 18.2. The molecule has 1 aromatic heterocycles. The summed E-state index contributed by atoms with van der Waals surface area (Å²) in [5.41, 5.74) is 4.78. The molecule has 1 heterocycles. The first-order valence-electron chi connectivity index (χ1n) is 15.5. The molecule has 5 aliphatic carbocycles. The summed E-state index contributed by atoms with van der Waals surface area (Å²) in [6, 6.07) is 1.90. The summed E-state index contributed by atoms with van der Waals surface area (Å²) in [6.45, 7) is 19.9. The molecule has 214 valence electrons. The number of hydrogen-bond acceptors (Lipinski definition) is 3. The predicted octanol–water partition coefficient (Wildman–Crippen LogP) is 9.09. The normalized spacial score (nSPS) is 46.3. The molecule has 0 saturated heterocycles. The lowest BCUT2D eigenvalue weighted by Gasteiger charge is -2.72. The van der Waals surface area contributed by atoms with Gasteiger partial charge in [-0.2, -0.15) is 0 Å². The standard InChI is InChI=1S/C35H50O3S/c1-21(2)23-10-15-35(20-36)17-16-33(6)25(29(23)35)8-9-28-32(5)13-11-24(22-18-26(30(37)38)39-19-22)31(3,4)27(32)12-14-34(28,33)7/h11,18-19,23,25,27-29,36H,1,8-10,12-17,20H2,2-7H3,(H,37,38). The molecule has 0 radical (unpaired) electrons. The summed E-state index contributed by atoms with van der Waals surface area (Å²) in [6.07, 6.45) is 13.5. The first-order valence-corrected chi connectivity index (χ1v) is 16.4. The smallest absolute Gasteiger partial charge is 0.345 e. The number of allylic oxidation sites excluding steroid dienone is 3. The molecule has 0 bridgehead atoms. The molecule has 9 unspecified atom stereocenters. The third-order valence-electron chi connectivity index (χ3n) is 14.3. The summed E-state index contributed by atoms with van der Waals surface area (Å²) in [5, 5.41) is 22.4. The molecule has 39 heavy (non-hydrogen) atoms. The van der Waals surface area contributed by atoms with Gasteiger partial charge in [0.1, 0.15) is 4.88 Å². The van der Waals surface area contributed by atoms with Crippen LogP contribution in [0, 0.1) is 56.7 Å². The van der Waals surface area contributed by atoms with Crippen molar-refractivity contribution in [1.82, 2.24) is 0 Å². The number of fused-ring (bicyclic) bond motifs is 7. The number of carbonyl (C=O) groups is 1. The number of aliphatic hydroxyl groups is 1. The minimum absolute atomic E-state index is 0.0119. The van der Waals surface area contributed by atoms with Gasteiger partial charge in [-0.1, -0.05) is 52.8 Å². The molecule has 3 nitrogen and oxygen atoms in total. The van der Waals surface area contributed by atoms with E-state index in [0.717, 1.165) is 12.0 Å². The Morgan fingerprint density at radius 2 is 1.74 bits per heavy atom. The van der Waals surface area contributed by atoms with E-state index in [1.165, 1.54) is 73.8 Å². The Hall–Kier alpha value is -1.39. The lowest BCUT2D eigenvalue weighted by molar-refractivity contribution is -0.228. The van der Waals surface area contributed by atoms with Crippen LogP contribution in [0.1, 0.15) is 115 Å². The average molecular weight is 551 g/mol. The van der Waals surface area contributed by atoms with Crippen LogP contribution >= 0.6 is 11.3 Å². The largest absolute Gasteiger partial charge is 0.477 e. The van der Waals surface area contributed by atoms with Gasteiger partial charge in [0.25, 0.3) is 0 Å². The summed E-state index contributed by atoms with van der Waals surface area (Å²) in [4.78, 5) is 12.1. The highest BCUT2D eigenvalue weighted by atomic mass is 32.1. The maximum absolute atomic E-state index is 11.6. The van der Waals surface area contributed by atoms with Crippen molar-refractivity contribution in [3.05, 3.63) is 40.1 Å². The van der Waals surface area contributed by atoms with E-state index in [-0.39, 0.29) is 16.2 Å². The highest BCUT2D eigenvalue weighted by molar-refractivity contribution is 7.12. The molecule has 1 aromatic rings. The number of carboxylic acid groups (broad SMARTS) is 1. The second-order valence-electron chi connectivity index (χ2n) is 15.8. The molecule has 9 atom stereocenters. The second kappa shape index (κ2) is 8.81. The van der Waals surface area contributed by atoms with Gasteiger partial charge in [-0.25, -0.2) is 4.79 Å². The Bertz CT molecular complexity index is 1220. The predicted molar refractivity (Wildman–Crippen MR) is 161 cm³/mol. The van der Waals surface area contributed by atoms with E-state index in [2.05, 4.69) is 59.6 Å². The fourth-order valence-electron chi connectivity index (χ4n) is 12.2. The van der Waals surface area contributed by atoms with Crippen LogP contribution in [0.25, 0.3) is 5.57 Å². The van der Waals surface area contributed by atoms with E-state index < -0.39 is 5.97 Å². The third kappa shape index (κ3) is 3.52. The summed E-state index contributed by atoms with van der Waals surface area (Å²) >= 11 is 1.36.